The van der Waals surface area contributed by atoms with Crippen molar-refractivity contribution in [3.05, 3.63) is 35.1 Å². The summed E-state index contributed by atoms with van der Waals surface area (Å²) in [6.45, 7) is 1.69. The molecule has 0 bridgehead atoms. The van der Waals surface area contributed by atoms with E-state index in [0.717, 1.165) is 0 Å². The molecule has 0 amide bonds. The lowest BCUT2D eigenvalue weighted by Gasteiger charge is -2.07. The maximum Gasteiger partial charge on any atom is 0.389 e. The second kappa shape index (κ2) is 3.98. The third-order valence-corrected chi connectivity index (χ3v) is 1.89. The molecule has 0 spiro atoms. The Bertz CT molecular complexity index is 314. The number of halogens is 4. The Balaban J connectivity index is 2.68. The predicted molar refractivity (Wildman–Crippen MR) is 45.5 cm³/mol. The number of alkyl halides is 3. The Morgan fingerprint density at radius 3 is 2.36 bits per heavy atom. The molecule has 78 valence electrons. The molecule has 0 aliphatic rings. The molecule has 0 heterocycles. The SMILES string of the molecule is Cc1ccc(CCC(F)(F)F)c(F)c1. The van der Waals surface area contributed by atoms with Gasteiger partial charge in [0.1, 0.15) is 5.82 Å². The minimum atomic E-state index is -4.22. The smallest absolute Gasteiger partial charge is 0.207 e. The van der Waals surface area contributed by atoms with E-state index in [-0.39, 0.29) is 12.0 Å². The van der Waals surface area contributed by atoms with E-state index in [9.17, 15) is 17.6 Å². The van der Waals surface area contributed by atoms with Crippen molar-refractivity contribution in [2.24, 2.45) is 0 Å². The zero-order valence-corrected chi connectivity index (χ0v) is 7.66. The first-order valence-corrected chi connectivity index (χ1v) is 4.20. The van der Waals surface area contributed by atoms with Crippen LogP contribution in [0.5, 0.6) is 0 Å². The highest BCUT2D eigenvalue weighted by Crippen LogP contribution is 2.23. The number of hydrogen-bond donors (Lipinski definition) is 0. The van der Waals surface area contributed by atoms with Gasteiger partial charge in [0.05, 0.1) is 0 Å². The summed E-state index contributed by atoms with van der Waals surface area (Å²) in [5.41, 5.74) is 0.825. The van der Waals surface area contributed by atoms with Gasteiger partial charge in [-0.25, -0.2) is 4.39 Å². The van der Waals surface area contributed by atoms with Gasteiger partial charge in [0, 0.05) is 6.42 Å². The first-order chi connectivity index (χ1) is 6.38. The van der Waals surface area contributed by atoms with Crippen LogP contribution in [0.4, 0.5) is 17.6 Å². The Kier molecular flexibility index (Phi) is 3.13. The molecule has 0 aliphatic heterocycles. The molecule has 0 aromatic heterocycles. The molecule has 0 atom stereocenters. The highest BCUT2D eigenvalue weighted by molar-refractivity contribution is 5.23. The number of aryl methyl sites for hydroxylation is 2. The molecule has 0 N–H and O–H groups in total. The van der Waals surface area contributed by atoms with Gasteiger partial charge in [-0.1, -0.05) is 12.1 Å². The molecule has 1 rings (SSSR count). The molecule has 0 radical (unpaired) electrons. The van der Waals surface area contributed by atoms with Crippen LogP contribution in [-0.2, 0) is 6.42 Å². The summed E-state index contributed by atoms with van der Waals surface area (Å²) in [7, 11) is 0. The summed E-state index contributed by atoms with van der Waals surface area (Å²) < 4.78 is 48.5. The molecule has 0 unspecified atom stereocenters. The molecule has 4 heteroatoms. The minimum absolute atomic E-state index is 0.118. The van der Waals surface area contributed by atoms with Crippen LogP contribution in [0.25, 0.3) is 0 Å². The van der Waals surface area contributed by atoms with Gasteiger partial charge in [-0.15, -0.1) is 0 Å². The van der Waals surface area contributed by atoms with Crippen molar-refractivity contribution < 1.29 is 17.6 Å². The first-order valence-electron chi connectivity index (χ1n) is 4.20. The van der Waals surface area contributed by atoms with E-state index >= 15 is 0 Å². The second-order valence-corrected chi connectivity index (χ2v) is 3.21. The summed E-state index contributed by atoms with van der Waals surface area (Å²) in [5.74, 6) is -0.561. The maximum absolute atomic E-state index is 13.1. The largest absolute Gasteiger partial charge is 0.389 e. The number of benzene rings is 1. The van der Waals surface area contributed by atoms with E-state index in [2.05, 4.69) is 0 Å². The average molecular weight is 206 g/mol. The molecule has 0 nitrogen and oxygen atoms in total. The monoisotopic (exact) mass is 206 g/mol. The van der Waals surface area contributed by atoms with Gasteiger partial charge in [-0.2, -0.15) is 13.2 Å². The van der Waals surface area contributed by atoms with Gasteiger partial charge in [-0.3, -0.25) is 0 Å². The number of hydrogen-bond acceptors (Lipinski definition) is 0. The van der Waals surface area contributed by atoms with Crippen LogP contribution in [-0.4, -0.2) is 6.18 Å². The fraction of sp³-hybridized carbons (Fsp3) is 0.400. The fourth-order valence-electron chi connectivity index (χ4n) is 1.13. The van der Waals surface area contributed by atoms with Gasteiger partial charge in [-0.05, 0) is 30.5 Å². The van der Waals surface area contributed by atoms with Gasteiger partial charge < -0.3 is 0 Å². The van der Waals surface area contributed by atoms with Crippen LogP contribution < -0.4 is 0 Å². The molecule has 14 heavy (non-hydrogen) atoms. The van der Waals surface area contributed by atoms with Crippen LogP contribution in [0.1, 0.15) is 17.5 Å². The van der Waals surface area contributed by atoms with Crippen LogP contribution in [0.2, 0.25) is 0 Å². The molecule has 0 saturated heterocycles. The Hall–Kier alpha value is -1.06. The summed E-state index contributed by atoms with van der Waals surface area (Å²) in [6, 6.07) is 4.25. The van der Waals surface area contributed by atoms with Crippen LogP contribution in [0.3, 0.4) is 0 Å². The van der Waals surface area contributed by atoms with E-state index in [1.807, 2.05) is 0 Å². The van der Waals surface area contributed by atoms with E-state index in [0.29, 0.717) is 5.56 Å². The van der Waals surface area contributed by atoms with Crippen molar-refractivity contribution in [1.29, 1.82) is 0 Å². The summed E-state index contributed by atoms with van der Waals surface area (Å²) in [6.07, 6.45) is -5.50. The second-order valence-electron chi connectivity index (χ2n) is 3.21. The summed E-state index contributed by atoms with van der Waals surface area (Å²) in [5, 5.41) is 0. The van der Waals surface area contributed by atoms with Crippen LogP contribution in [0, 0.1) is 12.7 Å². The zero-order chi connectivity index (χ0) is 10.8. The van der Waals surface area contributed by atoms with Gasteiger partial charge in [0.15, 0.2) is 0 Å². The van der Waals surface area contributed by atoms with Gasteiger partial charge in [0.2, 0.25) is 0 Å². The average Bonchev–Trinajstić information content (AvgIpc) is 2.00. The molecule has 0 fully saturated rings. The van der Waals surface area contributed by atoms with Crippen molar-refractivity contribution in [1.82, 2.24) is 0 Å². The lowest BCUT2D eigenvalue weighted by Crippen LogP contribution is -2.09. The molecular formula is C10H10F4. The van der Waals surface area contributed by atoms with Gasteiger partial charge in [0.25, 0.3) is 0 Å². The van der Waals surface area contributed by atoms with E-state index in [1.54, 1.807) is 13.0 Å². The molecule has 0 aliphatic carbocycles. The maximum atomic E-state index is 13.1. The number of rotatable bonds is 2. The van der Waals surface area contributed by atoms with Gasteiger partial charge >= 0.3 is 6.18 Å². The quantitative estimate of drug-likeness (QED) is 0.648. The molecular weight excluding hydrogens is 196 g/mol. The lowest BCUT2D eigenvalue weighted by atomic mass is 10.1. The van der Waals surface area contributed by atoms with E-state index in [1.165, 1.54) is 12.1 Å². The highest BCUT2D eigenvalue weighted by Gasteiger charge is 2.26. The van der Waals surface area contributed by atoms with Crippen molar-refractivity contribution in [2.75, 3.05) is 0 Å². The normalized spacial score (nSPS) is 11.8. The third kappa shape index (κ3) is 3.36. The summed E-state index contributed by atoms with van der Waals surface area (Å²) >= 11 is 0. The minimum Gasteiger partial charge on any atom is -0.207 e. The highest BCUT2D eigenvalue weighted by atomic mass is 19.4. The molecule has 0 saturated carbocycles. The Morgan fingerprint density at radius 2 is 1.86 bits per heavy atom. The summed E-state index contributed by atoms with van der Waals surface area (Å²) in [4.78, 5) is 0. The lowest BCUT2D eigenvalue weighted by molar-refractivity contribution is -0.134. The van der Waals surface area contributed by atoms with Crippen molar-refractivity contribution in [3.63, 3.8) is 0 Å². The Labute approximate surface area is 79.6 Å². The van der Waals surface area contributed by atoms with Crippen molar-refractivity contribution in [2.45, 2.75) is 25.9 Å². The first kappa shape index (κ1) is 11.0. The fourth-order valence-corrected chi connectivity index (χ4v) is 1.13. The van der Waals surface area contributed by atoms with E-state index in [4.69, 9.17) is 0 Å². The van der Waals surface area contributed by atoms with Crippen LogP contribution >= 0.6 is 0 Å². The topological polar surface area (TPSA) is 0 Å². The molecule has 1 aromatic rings. The van der Waals surface area contributed by atoms with Crippen molar-refractivity contribution in [3.8, 4) is 0 Å². The van der Waals surface area contributed by atoms with Crippen molar-refractivity contribution >= 4 is 0 Å². The van der Waals surface area contributed by atoms with Crippen LogP contribution in [0.15, 0.2) is 18.2 Å². The zero-order valence-electron chi connectivity index (χ0n) is 7.66. The Morgan fingerprint density at radius 1 is 1.21 bits per heavy atom. The predicted octanol–water partition coefficient (Wildman–Crippen LogP) is 3.63. The standard InChI is InChI=1S/C10H10F4/c1-7-2-3-8(9(11)6-7)4-5-10(12,13)14/h2-3,6H,4-5H2,1H3. The molecule has 1 aromatic carbocycles. The third-order valence-electron chi connectivity index (χ3n) is 1.89. The van der Waals surface area contributed by atoms with E-state index < -0.39 is 18.4 Å².